The van der Waals surface area contributed by atoms with E-state index < -0.39 is 10.0 Å². The summed E-state index contributed by atoms with van der Waals surface area (Å²) in [4.78, 5) is 6.23. The maximum atomic E-state index is 12.5. The van der Waals surface area contributed by atoms with Crippen LogP contribution in [0, 0.1) is 6.92 Å². The SMILES string of the molecule is Cc1ccccc1S(=O)(=O)NC(C)c1nc2c(s1)CCC2. The number of nitrogens with zero attached hydrogens (tertiary/aromatic N) is 1. The number of sulfonamides is 1. The number of benzene rings is 1. The third-order valence-corrected chi connectivity index (χ3v) is 6.74. The molecular formula is C15H18N2O2S2. The van der Waals surface area contributed by atoms with Crippen molar-refractivity contribution in [2.45, 2.75) is 44.0 Å². The lowest BCUT2D eigenvalue weighted by molar-refractivity contribution is 0.565. The first-order valence-corrected chi connectivity index (χ1v) is 9.34. The fourth-order valence-corrected chi connectivity index (χ4v) is 5.28. The Hall–Kier alpha value is -1.24. The monoisotopic (exact) mass is 322 g/mol. The van der Waals surface area contributed by atoms with Crippen LogP contribution in [0.1, 0.15) is 40.5 Å². The smallest absolute Gasteiger partial charge is 0.241 e. The van der Waals surface area contributed by atoms with E-state index in [1.807, 2.05) is 13.0 Å². The van der Waals surface area contributed by atoms with Crippen molar-refractivity contribution >= 4 is 21.4 Å². The van der Waals surface area contributed by atoms with Crippen LogP contribution in [-0.2, 0) is 22.9 Å². The van der Waals surface area contributed by atoms with E-state index in [9.17, 15) is 8.42 Å². The zero-order valence-electron chi connectivity index (χ0n) is 12.1. The van der Waals surface area contributed by atoms with Crippen molar-refractivity contribution in [3.05, 3.63) is 45.4 Å². The van der Waals surface area contributed by atoms with Gasteiger partial charge in [0.15, 0.2) is 0 Å². The van der Waals surface area contributed by atoms with Crippen LogP contribution in [0.2, 0.25) is 0 Å². The highest BCUT2D eigenvalue weighted by Crippen LogP contribution is 2.31. The molecule has 3 rings (SSSR count). The average molecular weight is 322 g/mol. The number of nitrogens with one attached hydrogen (secondary N) is 1. The number of hydrogen-bond donors (Lipinski definition) is 1. The van der Waals surface area contributed by atoms with Crippen molar-refractivity contribution in [2.24, 2.45) is 0 Å². The summed E-state index contributed by atoms with van der Waals surface area (Å²) in [5.74, 6) is 0. The van der Waals surface area contributed by atoms with Gasteiger partial charge in [-0.25, -0.2) is 18.1 Å². The molecule has 0 fully saturated rings. The second kappa shape index (κ2) is 5.51. The van der Waals surface area contributed by atoms with Crippen LogP contribution < -0.4 is 4.72 Å². The van der Waals surface area contributed by atoms with Crippen molar-refractivity contribution in [2.75, 3.05) is 0 Å². The summed E-state index contributed by atoms with van der Waals surface area (Å²) in [6, 6.07) is 6.71. The van der Waals surface area contributed by atoms with Gasteiger partial charge in [0.2, 0.25) is 10.0 Å². The van der Waals surface area contributed by atoms with E-state index in [2.05, 4.69) is 9.71 Å². The van der Waals surface area contributed by atoms with Crippen molar-refractivity contribution in [3.8, 4) is 0 Å². The molecule has 0 radical (unpaired) electrons. The Balaban J connectivity index is 1.83. The van der Waals surface area contributed by atoms with Crippen LogP contribution in [0.5, 0.6) is 0 Å². The fraction of sp³-hybridized carbons (Fsp3) is 0.400. The van der Waals surface area contributed by atoms with Crippen LogP contribution in [0.25, 0.3) is 0 Å². The molecule has 1 N–H and O–H groups in total. The molecule has 0 amide bonds. The lowest BCUT2D eigenvalue weighted by atomic mass is 10.2. The molecule has 0 saturated heterocycles. The minimum atomic E-state index is -3.51. The Morgan fingerprint density at radius 1 is 1.29 bits per heavy atom. The molecule has 1 aliphatic rings. The molecule has 112 valence electrons. The van der Waals surface area contributed by atoms with E-state index >= 15 is 0 Å². The molecular weight excluding hydrogens is 304 g/mol. The van der Waals surface area contributed by atoms with Crippen LogP contribution >= 0.6 is 11.3 Å². The van der Waals surface area contributed by atoms with E-state index in [-0.39, 0.29) is 6.04 Å². The Bertz CT molecular complexity index is 744. The first-order valence-electron chi connectivity index (χ1n) is 7.04. The Labute approximate surface area is 129 Å². The maximum Gasteiger partial charge on any atom is 0.241 e. The number of hydrogen-bond acceptors (Lipinski definition) is 4. The number of rotatable bonds is 4. The highest BCUT2D eigenvalue weighted by molar-refractivity contribution is 7.89. The van der Waals surface area contributed by atoms with Gasteiger partial charge in [0.05, 0.1) is 16.6 Å². The molecule has 0 saturated carbocycles. The minimum Gasteiger partial charge on any atom is -0.244 e. The normalized spacial score (nSPS) is 15.9. The molecule has 0 spiro atoms. The summed E-state index contributed by atoms with van der Waals surface area (Å²) in [7, 11) is -3.51. The van der Waals surface area contributed by atoms with Gasteiger partial charge in [0.1, 0.15) is 5.01 Å². The quantitative estimate of drug-likeness (QED) is 0.941. The van der Waals surface area contributed by atoms with E-state index in [0.717, 1.165) is 35.5 Å². The molecule has 1 aliphatic carbocycles. The summed E-state index contributed by atoms with van der Waals surface area (Å²) in [6.45, 7) is 3.65. The molecule has 1 heterocycles. The summed E-state index contributed by atoms with van der Waals surface area (Å²) < 4.78 is 27.7. The van der Waals surface area contributed by atoms with Crippen molar-refractivity contribution in [1.29, 1.82) is 0 Å². The van der Waals surface area contributed by atoms with Gasteiger partial charge in [0, 0.05) is 4.88 Å². The largest absolute Gasteiger partial charge is 0.244 e. The van der Waals surface area contributed by atoms with Crippen LogP contribution in [0.4, 0.5) is 0 Å². The van der Waals surface area contributed by atoms with Crippen molar-refractivity contribution in [3.63, 3.8) is 0 Å². The number of aromatic nitrogens is 1. The summed E-state index contributed by atoms with van der Waals surface area (Å²) in [5.41, 5.74) is 1.90. The molecule has 21 heavy (non-hydrogen) atoms. The van der Waals surface area contributed by atoms with Gasteiger partial charge < -0.3 is 0 Å². The molecule has 4 nitrogen and oxygen atoms in total. The Morgan fingerprint density at radius 3 is 2.76 bits per heavy atom. The van der Waals surface area contributed by atoms with Gasteiger partial charge in [-0.3, -0.25) is 0 Å². The summed E-state index contributed by atoms with van der Waals surface area (Å²) in [6.07, 6.45) is 3.26. The summed E-state index contributed by atoms with van der Waals surface area (Å²) in [5, 5.41) is 0.858. The van der Waals surface area contributed by atoms with Crippen molar-refractivity contribution in [1.82, 2.24) is 9.71 Å². The predicted molar refractivity (Wildman–Crippen MR) is 84.1 cm³/mol. The lowest BCUT2D eigenvalue weighted by Gasteiger charge is -2.13. The van der Waals surface area contributed by atoms with E-state index in [4.69, 9.17) is 0 Å². The van der Waals surface area contributed by atoms with Gasteiger partial charge >= 0.3 is 0 Å². The Morgan fingerprint density at radius 2 is 2.05 bits per heavy atom. The van der Waals surface area contributed by atoms with Crippen LogP contribution in [-0.4, -0.2) is 13.4 Å². The molecule has 1 atom stereocenters. The molecule has 1 unspecified atom stereocenters. The van der Waals surface area contributed by atoms with E-state index in [1.165, 1.54) is 4.88 Å². The third kappa shape index (κ3) is 2.88. The molecule has 2 aromatic rings. The van der Waals surface area contributed by atoms with E-state index in [0.29, 0.717) is 4.90 Å². The first kappa shape index (κ1) is 14.7. The molecule has 0 bridgehead atoms. The van der Waals surface area contributed by atoms with Gasteiger partial charge in [-0.05, 0) is 44.7 Å². The molecule has 6 heteroatoms. The number of fused-ring (bicyclic) bond motifs is 1. The number of thiazole rings is 1. The highest BCUT2D eigenvalue weighted by atomic mass is 32.2. The molecule has 1 aromatic heterocycles. The standard InChI is InChI=1S/C15H18N2O2S2/c1-10-6-3-4-9-14(10)21(18,19)17-11(2)15-16-12-7-5-8-13(12)20-15/h3-4,6,9,11,17H,5,7-8H2,1-2H3. The third-order valence-electron chi connectivity index (χ3n) is 3.70. The van der Waals surface area contributed by atoms with Crippen molar-refractivity contribution < 1.29 is 8.42 Å². The lowest BCUT2D eigenvalue weighted by Crippen LogP contribution is -2.27. The van der Waals surface area contributed by atoms with Gasteiger partial charge in [-0.2, -0.15) is 0 Å². The highest BCUT2D eigenvalue weighted by Gasteiger charge is 2.24. The van der Waals surface area contributed by atoms with E-state index in [1.54, 1.807) is 36.5 Å². The van der Waals surface area contributed by atoms with Gasteiger partial charge in [-0.1, -0.05) is 18.2 Å². The first-order chi connectivity index (χ1) is 9.97. The average Bonchev–Trinajstić information content (AvgIpc) is 2.98. The van der Waals surface area contributed by atoms with Crippen LogP contribution in [0.15, 0.2) is 29.2 Å². The second-order valence-electron chi connectivity index (χ2n) is 5.38. The summed E-state index contributed by atoms with van der Waals surface area (Å²) >= 11 is 1.63. The van der Waals surface area contributed by atoms with Crippen LogP contribution in [0.3, 0.4) is 0 Å². The second-order valence-corrected chi connectivity index (χ2v) is 8.18. The topological polar surface area (TPSA) is 59.1 Å². The molecule has 1 aromatic carbocycles. The number of aryl methyl sites for hydroxylation is 3. The van der Waals surface area contributed by atoms with Gasteiger partial charge in [0.25, 0.3) is 0 Å². The minimum absolute atomic E-state index is 0.301. The Kier molecular flexibility index (Phi) is 3.86. The maximum absolute atomic E-state index is 12.5. The van der Waals surface area contributed by atoms with Gasteiger partial charge in [-0.15, -0.1) is 11.3 Å². The predicted octanol–water partition coefficient (Wildman–Crippen LogP) is 2.98. The molecule has 0 aliphatic heterocycles. The zero-order valence-corrected chi connectivity index (χ0v) is 13.7. The zero-order chi connectivity index (χ0) is 15.0. The fourth-order valence-electron chi connectivity index (χ4n) is 2.60.